The SMILES string of the molecule is CCC(CC)(CN)C(=O)NS(=O)(=O)CC. The van der Waals surface area contributed by atoms with E-state index in [0.29, 0.717) is 12.8 Å². The Morgan fingerprint density at radius 2 is 1.73 bits per heavy atom. The number of sulfonamides is 1. The quantitative estimate of drug-likeness (QED) is 0.690. The molecule has 0 aromatic heterocycles. The summed E-state index contributed by atoms with van der Waals surface area (Å²) in [6.45, 7) is 5.30. The van der Waals surface area contributed by atoms with E-state index in [1.807, 2.05) is 13.8 Å². The molecule has 3 N–H and O–H groups in total. The fraction of sp³-hybridized carbons (Fsp3) is 0.889. The minimum Gasteiger partial charge on any atom is -0.329 e. The number of hydrogen-bond acceptors (Lipinski definition) is 4. The fourth-order valence-corrected chi connectivity index (χ4v) is 1.92. The summed E-state index contributed by atoms with van der Waals surface area (Å²) in [7, 11) is -3.49. The van der Waals surface area contributed by atoms with Crippen molar-refractivity contribution in [2.75, 3.05) is 12.3 Å². The van der Waals surface area contributed by atoms with Crippen molar-refractivity contribution in [1.82, 2.24) is 4.72 Å². The van der Waals surface area contributed by atoms with Gasteiger partial charge in [-0.25, -0.2) is 8.42 Å². The van der Waals surface area contributed by atoms with Crippen molar-refractivity contribution in [3.63, 3.8) is 0 Å². The Morgan fingerprint density at radius 3 is 2.00 bits per heavy atom. The third-order valence-corrected chi connectivity index (χ3v) is 4.11. The molecule has 0 saturated heterocycles. The molecule has 0 aliphatic carbocycles. The third-order valence-electron chi connectivity index (χ3n) is 2.85. The number of hydrogen-bond donors (Lipinski definition) is 2. The molecular weight excluding hydrogens is 216 g/mol. The highest BCUT2D eigenvalue weighted by Crippen LogP contribution is 2.25. The summed E-state index contributed by atoms with van der Waals surface area (Å²) in [5.41, 5.74) is 4.77. The molecule has 15 heavy (non-hydrogen) atoms. The zero-order valence-corrected chi connectivity index (χ0v) is 10.4. The highest BCUT2D eigenvalue weighted by molar-refractivity contribution is 7.90. The van der Waals surface area contributed by atoms with Gasteiger partial charge in [0, 0.05) is 6.54 Å². The first-order chi connectivity index (χ1) is 6.87. The smallest absolute Gasteiger partial charge is 0.240 e. The Bertz CT molecular complexity index is 299. The van der Waals surface area contributed by atoms with Crippen LogP contribution in [0.3, 0.4) is 0 Å². The second kappa shape index (κ2) is 5.46. The molecule has 0 aromatic rings. The first-order valence-corrected chi connectivity index (χ1v) is 6.77. The van der Waals surface area contributed by atoms with Crippen LogP contribution in [0.4, 0.5) is 0 Å². The maximum Gasteiger partial charge on any atom is 0.240 e. The average Bonchev–Trinajstić information content (AvgIpc) is 2.21. The third kappa shape index (κ3) is 3.46. The molecule has 90 valence electrons. The molecule has 0 atom stereocenters. The first-order valence-electron chi connectivity index (χ1n) is 5.12. The molecule has 0 unspecified atom stereocenters. The van der Waals surface area contributed by atoms with Crippen LogP contribution in [-0.2, 0) is 14.8 Å². The molecule has 0 spiro atoms. The first kappa shape index (κ1) is 14.4. The van der Waals surface area contributed by atoms with Crippen LogP contribution in [0.5, 0.6) is 0 Å². The lowest BCUT2D eigenvalue weighted by Crippen LogP contribution is -2.47. The molecule has 1 amide bonds. The number of carbonyl (C=O) groups excluding carboxylic acids is 1. The summed E-state index contributed by atoms with van der Waals surface area (Å²) in [6, 6.07) is 0. The summed E-state index contributed by atoms with van der Waals surface area (Å²) >= 11 is 0. The molecule has 0 heterocycles. The Hall–Kier alpha value is -0.620. The number of nitrogens with two attached hydrogens (primary N) is 1. The predicted octanol–water partition coefficient (Wildman–Crippen LogP) is 0.217. The molecule has 0 radical (unpaired) electrons. The summed E-state index contributed by atoms with van der Waals surface area (Å²) in [6.07, 6.45) is 1.07. The Kier molecular flexibility index (Phi) is 5.23. The van der Waals surface area contributed by atoms with Gasteiger partial charge in [0.1, 0.15) is 0 Å². The zero-order chi connectivity index (χ0) is 12.1. The molecular formula is C9H20N2O3S. The van der Waals surface area contributed by atoms with Gasteiger partial charge in [-0.2, -0.15) is 0 Å². The van der Waals surface area contributed by atoms with E-state index in [-0.39, 0.29) is 12.3 Å². The van der Waals surface area contributed by atoms with Gasteiger partial charge in [-0.1, -0.05) is 13.8 Å². The maximum atomic E-state index is 11.8. The van der Waals surface area contributed by atoms with Crippen molar-refractivity contribution in [1.29, 1.82) is 0 Å². The minimum atomic E-state index is -3.49. The largest absolute Gasteiger partial charge is 0.329 e. The summed E-state index contributed by atoms with van der Waals surface area (Å²) in [4.78, 5) is 11.8. The molecule has 6 heteroatoms. The van der Waals surface area contributed by atoms with Crippen LogP contribution in [0, 0.1) is 5.41 Å². The molecule has 0 aliphatic rings. The van der Waals surface area contributed by atoms with Crippen LogP contribution in [0.2, 0.25) is 0 Å². The van der Waals surface area contributed by atoms with Crippen molar-refractivity contribution in [2.24, 2.45) is 11.1 Å². The van der Waals surface area contributed by atoms with Crippen LogP contribution in [-0.4, -0.2) is 26.6 Å². The lowest BCUT2D eigenvalue weighted by Gasteiger charge is -2.28. The van der Waals surface area contributed by atoms with Crippen molar-refractivity contribution < 1.29 is 13.2 Å². The van der Waals surface area contributed by atoms with Crippen molar-refractivity contribution in [3.8, 4) is 0 Å². The Labute approximate surface area is 91.5 Å². The van der Waals surface area contributed by atoms with E-state index in [0.717, 1.165) is 0 Å². The van der Waals surface area contributed by atoms with Crippen molar-refractivity contribution in [2.45, 2.75) is 33.6 Å². The van der Waals surface area contributed by atoms with Crippen LogP contribution in [0.25, 0.3) is 0 Å². The Morgan fingerprint density at radius 1 is 1.27 bits per heavy atom. The van der Waals surface area contributed by atoms with Gasteiger partial charge in [0.25, 0.3) is 0 Å². The van der Waals surface area contributed by atoms with E-state index in [4.69, 9.17) is 5.73 Å². The van der Waals surface area contributed by atoms with Crippen LogP contribution < -0.4 is 10.5 Å². The van der Waals surface area contributed by atoms with E-state index >= 15 is 0 Å². The van der Waals surface area contributed by atoms with Gasteiger partial charge in [0.05, 0.1) is 11.2 Å². The molecule has 0 saturated carbocycles. The highest BCUT2D eigenvalue weighted by Gasteiger charge is 2.35. The summed E-state index contributed by atoms with van der Waals surface area (Å²) in [5.74, 6) is -0.593. The lowest BCUT2D eigenvalue weighted by atomic mass is 9.82. The summed E-state index contributed by atoms with van der Waals surface area (Å²) in [5, 5.41) is 0. The molecule has 0 fully saturated rings. The molecule has 0 aromatic carbocycles. The van der Waals surface area contributed by atoms with E-state index < -0.39 is 21.3 Å². The number of nitrogens with one attached hydrogen (secondary N) is 1. The molecule has 0 aliphatic heterocycles. The van der Waals surface area contributed by atoms with Crippen LogP contribution >= 0.6 is 0 Å². The van der Waals surface area contributed by atoms with Gasteiger partial charge in [-0.3, -0.25) is 9.52 Å². The van der Waals surface area contributed by atoms with Crippen LogP contribution in [0.1, 0.15) is 33.6 Å². The van der Waals surface area contributed by atoms with E-state index in [1.54, 1.807) is 0 Å². The topological polar surface area (TPSA) is 89.3 Å². The lowest BCUT2D eigenvalue weighted by molar-refractivity contribution is -0.129. The van der Waals surface area contributed by atoms with Gasteiger partial charge in [-0.05, 0) is 19.8 Å². The fourth-order valence-electron chi connectivity index (χ4n) is 1.27. The normalized spacial score (nSPS) is 12.5. The average molecular weight is 236 g/mol. The van der Waals surface area contributed by atoms with E-state index in [1.165, 1.54) is 6.92 Å². The van der Waals surface area contributed by atoms with Crippen LogP contribution in [0.15, 0.2) is 0 Å². The van der Waals surface area contributed by atoms with Crippen molar-refractivity contribution in [3.05, 3.63) is 0 Å². The van der Waals surface area contributed by atoms with Gasteiger partial charge < -0.3 is 5.73 Å². The number of rotatable bonds is 6. The minimum absolute atomic E-state index is 0.104. The standard InChI is InChI=1S/C9H20N2O3S/c1-4-9(5-2,7-10)8(12)11-15(13,14)6-3/h4-7,10H2,1-3H3,(H,11,12). The van der Waals surface area contributed by atoms with Gasteiger partial charge >= 0.3 is 0 Å². The zero-order valence-electron chi connectivity index (χ0n) is 9.54. The second-order valence-corrected chi connectivity index (χ2v) is 5.54. The molecule has 5 nitrogen and oxygen atoms in total. The second-order valence-electron chi connectivity index (χ2n) is 3.53. The van der Waals surface area contributed by atoms with E-state index in [9.17, 15) is 13.2 Å². The van der Waals surface area contributed by atoms with Gasteiger partial charge in [-0.15, -0.1) is 0 Å². The van der Waals surface area contributed by atoms with Gasteiger partial charge in [0.2, 0.25) is 15.9 Å². The van der Waals surface area contributed by atoms with Gasteiger partial charge in [0.15, 0.2) is 0 Å². The maximum absolute atomic E-state index is 11.8. The molecule has 0 rings (SSSR count). The Balaban J connectivity index is 4.83. The number of carbonyl (C=O) groups is 1. The highest BCUT2D eigenvalue weighted by atomic mass is 32.2. The summed E-state index contributed by atoms with van der Waals surface area (Å²) < 4.78 is 24.5. The van der Waals surface area contributed by atoms with Crippen molar-refractivity contribution >= 4 is 15.9 Å². The predicted molar refractivity (Wildman–Crippen MR) is 59.7 cm³/mol. The van der Waals surface area contributed by atoms with E-state index in [2.05, 4.69) is 4.72 Å². The number of amides is 1. The monoisotopic (exact) mass is 236 g/mol. The molecule has 0 bridgehead atoms.